The van der Waals surface area contributed by atoms with Crippen molar-refractivity contribution in [3.63, 3.8) is 0 Å². The van der Waals surface area contributed by atoms with Crippen molar-refractivity contribution in [1.82, 2.24) is 14.7 Å². The lowest BCUT2D eigenvalue weighted by Gasteiger charge is -2.39. The van der Waals surface area contributed by atoms with E-state index in [-0.39, 0.29) is 5.60 Å². The van der Waals surface area contributed by atoms with E-state index in [0.717, 1.165) is 24.4 Å². The molecule has 3 saturated heterocycles. The predicted octanol–water partition coefficient (Wildman–Crippen LogP) is 11.0. The second kappa shape index (κ2) is 17.7. The van der Waals surface area contributed by atoms with Crippen LogP contribution in [0.25, 0.3) is 0 Å². The first kappa shape index (κ1) is 43.9. The largest absolute Gasteiger partial charge is 0.376 e. The van der Waals surface area contributed by atoms with Crippen molar-refractivity contribution >= 4 is 0 Å². The van der Waals surface area contributed by atoms with E-state index < -0.39 is 0 Å². The van der Waals surface area contributed by atoms with Crippen molar-refractivity contribution in [2.75, 3.05) is 52.4 Å². The van der Waals surface area contributed by atoms with E-state index in [2.05, 4.69) is 139 Å². The van der Waals surface area contributed by atoms with Crippen LogP contribution in [0.15, 0.2) is 0 Å². The topological polar surface area (TPSA) is 19.0 Å². The molecule has 3 rings (SSSR count). The third-order valence-corrected chi connectivity index (χ3v) is 10.3. The summed E-state index contributed by atoms with van der Waals surface area (Å²) in [6.07, 6.45) is 9.38. The molecule has 3 fully saturated rings. The molecule has 0 spiro atoms. The Labute approximate surface area is 291 Å². The van der Waals surface area contributed by atoms with E-state index in [1.807, 2.05) is 0 Å². The quantitative estimate of drug-likeness (QED) is 0.267. The van der Waals surface area contributed by atoms with Gasteiger partial charge in [-0.25, -0.2) is 0 Å². The SMILES string of the molecule is CC(C)(C)C1CCN(CC2CCN(C(C)(C)C)C2)CC1.CC(C)(C)CC1CCN(C(C)(C)C)C1.CC(C)(C)CCCOC(C)(C)C. The van der Waals surface area contributed by atoms with Crippen LogP contribution in [0.3, 0.4) is 0 Å². The Kier molecular flexibility index (Phi) is 16.8. The molecule has 0 aromatic carbocycles. The van der Waals surface area contributed by atoms with Gasteiger partial charge in [0.05, 0.1) is 5.60 Å². The number of hydrogen-bond acceptors (Lipinski definition) is 4. The number of likely N-dealkylation sites (tertiary alicyclic amines) is 3. The van der Waals surface area contributed by atoms with Gasteiger partial charge in [-0.15, -0.1) is 0 Å². The van der Waals surface area contributed by atoms with Crippen LogP contribution in [0.2, 0.25) is 0 Å². The van der Waals surface area contributed by atoms with E-state index in [4.69, 9.17) is 4.74 Å². The van der Waals surface area contributed by atoms with Crippen molar-refractivity contribution in [3.8, 4) is 0 Å². The van der Waals surface area contributed by atoms with Crippen LogP contribution in [0, 0.1) is 34.0 Å². The molecule has 46 heavy (non-hydrogen) atoms. The Morgan fingerprint density at radius 2 is 1.00 bits per heavy atom. The van der Waals surface area contributed by atoms with E-state index >= 15 is 0 Å². The van der Waals surface area contributed by atoms with E-state index in [1.54, 1.807) is 0 Å². The highest BCUT2D eigenvalue weighted by molar-refractivity contribution is 4.88. The van der Waals surface area contributed by atoms with Crippen LogP contribution >= 0.6 is 0 Å². The maximum Gasteiger partial charge on any atom is 0.0598 e. The summed E-state index contributed by atoms with van der Waals surface area (Å²) in [7, 11) is 0. The van der Waals surface area contributed by atoms with Gasteiger partial charge >= 0.3 is 0 Å². The second-order valence-corrected chi connectivity index (χ2v) is 21.9. The zero-order valence-electron chi connectivity index (χ0n) is 35.1. The van der Waals surface area contributed by atoms with E-state index in [9.17, 15) is 0 Å². The molecule has 2 atom stereocenters. The molecule has 0 saturated carbocycles. The van der Waals surface area contributed by atoms with Crippen LogP contribution < -0.4 is 0 Å². The van der Waals surface area contributed by atoms with Gasteiger partial charge in [0, 0.05) is 37.3 Å². The summed E-state index contributed by atoms with van der Waals surface area (Å²) in [4.78, 5) is 8.03. The van der Waals surface area contributed by atoms with Gasteiger partial charge in [0.25, 0.3) is 0 Å². The van der Waals surface area contributed by atoms with Crippen LogP contribution in [0.4, 0.5) is 0 Å². The lowest BCUT2D eigenvalue weighted by molar-refractivity contribution is -0.00720. The van der Waals surface area contributed by atoms with Gasteiger partial charge in [0.1, 0.15) is 0 Å². The highest BCUT2D eigenvalue weighted by Gasteiger charge is 2.34. The molecule has 0 aliphatic carbocycles. The van der Waals surface area contributed by atoms with Crippen molar-refractivity contribution in [2.45, 2.75) is 186 Å². The average molecular weight is 650 g/mol. The molecule has 3 aliphatic rings. The molecular formula is C42H87N3O. The minimum atomic E-state index is 0.0257. The first-order valence-corrected chi connectivity index (χ1v) is 19.4. The Morgan fingerprint density at radius 1 is 0.543 bits per heavy atom. The van der Waals surface area contributed by atoms with Crippen LogP contribution in [-0.4, -0.2) is 83.8 Å². The maximum absolute atomic E-state index is 5.62. The summed E-state index contributed by atoms with van der Waals surface area (Å²) in [5, 5.41) is 0. The smallest absolute Gasteiger partial charge is 0.0598 e. The van der Waals surface area contributed by atoms with Gasteiger partial charge in [0.2, 0.25) is 0 Å². The molecule has 0 radical (unpaired) electrons. The molecule has 2 unspecified atom stereocenters. The fourth-order valence-corrected chi connectivity index (χ4v) is 7.39. The Bertz CT molecular complexity index is 800. The fourth-order valence-electron chi connectivity index (χ4n) is 7.39. The van der Waals surface area contributed by atoms with Gasteiger partial charge in [0.15, 0.2) is 0 Å². The molecule has 4 heteroatoms. The van der Waals surface area contributed by atoms with Crippen molar-refractivity contribution in [2.24, 2.45) is 34.0 Å². The second-order valence-electron chi connectivity index (χ2n) is 21.9. The molecule has 4 nitrogen and oxygen atoms in total. The predicted molar refractivity (Wildman–Crippen MR) is 206 cm³/mol. The minimum absolute atomic E-state index is 0.0257. The van der Waals surface area contributed by atoms with E-state index in [0.29, 0.717) is 27.3 Å². The third-order valence-electron chi connectivity index (χ3n) is 10.3. The lowest BCUT2D eigenvalue weighted by Crippen LogP contribution is -2.42. The molecule has 0 N–H and O–H groups in total. The summed E-state index contributed by atoms with van der Waals surface area (Å²) in [5.41, 5.74) is 2.20. The van der Waals surface area contributed by atoms with Gasteiger partial charge < -0.3 is 9.64 Å². The van der Waals surface area contributed by atoms with Gasteiger partial charge in [-0.3, -0.25) is 9.80 Å². The number of ether oxygens (including phenoxy) is 1. The third kappa shape index (κ3) is 19.7. The molecule has 3 aliphatic heterocycles. The Hall–Kier alpha value is -0.160. The van der Waals surface area contributed by atoms with Crippen LogP contribution in [0.1, 0.15) is 170 Å². The summed E-state index contributed by atoms with van der Waals surface area (Å²) in [5.74, 6) is 2.75. The first-order valence-electron chi connectivity index (χ1n) is 19.4. The summed E-state index contributed by atoms with van der Waals surface area (Å²) < 4.78 is 5.62. The van der Waals surface area contributed by atoms with Gasteiger partial charge in [-0.05, 0) is 167 Å². The molecule has 0 aromatic rings. The number of piperidine rings is 1. The summed E-state index contributed by atoms with van der Waals surface area (Å²) >= 11 is 0. The normalized spacial score (nSPS) is 23.6. The average Bonchev–Trinajstić information content (AvgIpc) is 3.50. The zero-order valence-corrected chi connectivity index (χ0v) is 35.1. The Morgan fingerprint density at radius 3 is 1.37 bits per heavy atom. The molecular weight excluding hydrogens is 562 g/mol. The van der Waals surface area contributed by atoms with Crippen molar-refractivity contribution in [1.29, 1.82) is 0 Å². The highest BCUT2D eigenvalue weighted by atomic mass is 16.5. The fraction of sp³-hybridized carbons (Fsp3) is 1.00. The van der Waals surface area contributed by atoms with Crippen LogP contribution in [-0.2, 0) is 4.74 Å². The number of rotatable bonds is 6. The summed E-state index contributed by atoms with van der Waals surface area (Å²) in [6, 6.07) is 0. The first-order chi connectivity index (χ1) is 20.6. The molecule has 276 valence electrons. The Balaban J connectivity index is 0.000000361. The minimum Gasteiger partial charge on any atom is -0.376 e. The van der Waals surface area contributed by atoms with E-state index in [1.165, 1.54) is 90.8 Å². The van der Waals surface area contributed by atoms with Crippen molar-refractivity contribution < 1.29 is 4.74 Å². The zero-order chi connectivity index (χ0) is 35.8. The molecule has 3 heterocycles. The standard InChI is InChI=1S/C18H36N2.C13H27N.C11H24O/c1-17(2,3)16-8-10-19(11-9-16)13-15-7-12-20(14-15)18(4,5)6;1-12(2,3)9-11-7-8-14(10-11)13(4,5)6;1-10(2,3)8-7-9-12-11(4,5)6/h15-16H,7-14H2,1-6H3;11H,7-10H2,1-6H3;7-9H2,1-6H3. The molecule has 0 bridgehead atoms. The van der Waals surface area contributed by atoms with Gasteiger partial charge in [-0.2, -0.15) is 0 Å². The monoisotopic (exact) mass is 650 g/mol. The highest BCUT2D eigenvalue weighted by Crippen LogP contribution is 2.35. The van der Waals surface area contributed by atoms with Gasteiger partial charge in [-0.1, -0.05) is 62.3 Å². The number of hydrogen-bond donors (Lipinski definition) is 0. The molecule has 0 amide bonds. The summed E-state index contributed by atoms with van der Waals surface area (Å²) in [6.45, 7) is 51.5. The molecule has 0 aromatic heterocycles. The van der Waals surface area contributed by atoms with Crippen molar-refractivity contribution in [3.05, 3.63) is 0 Å². The number of nitrogens with zero attached hydrogens (tertiary/aromatic N) is 3. The van der Waals surface area contributed by atoms with Crippen LogP contribution in [0.5, 0.6) is 0 Å². The maximum atomic E-state index is 5.62. The lowest BCUT2D eigenvalue weighted by atomic mass is 9.75.